The lowest BCUT2D eigenvalue weighted by atomic mass is 10.1. The number of anilines is 4. The Hall–Kier alpha value is -3.33. The van der Waals surface area contributed by atoms with Crippen molar-refractivity contribution in [2.75, 3.05) is 68.2 Å². The maximum atomic E-state index is 13.2. The highest BCUT2D eigenvalue weighted by Crippen LogP contribution is 2.36. The smallest absolute Gasteiger partial charge is 0.327 e. The number of aliphatic imine (C=N–C) groups is 1. The molecule has 9 nitrogen and oxygen atoms in total. The Labute approximate surface area is 183 Å². The number of hydrogen-bond acceptors (Lipinski definition) is 7. The zero-order chi connectivity index (χ0) is 22.4. The molecule has 0 aliphatic carbocycles. The molecule has 1 aromatic carbocycles. The van der Waals surface area contributed by atoms with E-state index in [4.69, 9.17) is 10.5 Å². The Morgan fingerprint density at radius 3 is 2.90 bits per heavy atom. The molecule has 31 heavy (non-hydrogen) atoms. The maximum absolute atomic E-state index is 13.2. The van der Waals surface area contributed by atoms with Crippen LogP contribution >= 0.6 is 0 Å². The highest BCUT2D eigenvalue weighted by atomic mass is 16.5. The van der Waals surface area contributed by atoms with Crippen LogP contribution in [0.2, 0.25) is 0 Å². The van der Waals surface area contributed by atoms with Crippen molar-refractivity contribution >= 4 is 35.1 Å². The molecular formula is C22H31N7O2. The average molecular weight is 426 g/mol. The van der Waals surface area contributed by atoms with Gasteiger partial charge in [0.25, 0.3) is 0 Å². The molecule has 9 heteroatoms. The number of ether oxygens (including phenoxy) is 1. The second-order valence-corrected chi connectivity index (χ2v) is 7.18. The van der Waals surface area contributed by atoms with Crippen LogP contribution in [0.5, 0.6) is 5.75 Å². The van der Waals surface area contributed by atoms with E-state index in [1.165, 1.54) is 0 Å². The van der Waals surface area contributed by atoms with E-state index < -0.39 is 0 Å². The Bertz CT molecular complexity index is 961. The monoisotopic (exact) mass is 425 g/mol. The third-order valence-electron chi connectivity index (χ3n) is 5.38. The largest absolute Gasteiger partial charge is 0.494 e. The van der Waals surface area contributed by atoms with Crippen LogP contribution in [-0.4, -0.2) is 64.6 Å². The number of urea groups is 1. The lowest BCUT2D eigenvalue weighted by Gasteiger charge is -2.25. The van der Waals surface area contributed by atoms with Gasteiger partial charge in [-0.1, -0.05) is 0 Å². The minimum Gasteiger partial charge on any atom is -0.494 e. The molecule has 3 rings (SSSR count). The summed E-state index contributed by atoms with van der Waals surface area (Å²) in [6, 6.07) is 5.23. The normalized spacial score (nSPS) is 12.8. The second-order valence-electron chi connectivity index (χ2n) is 7.18. The number of aromatic nitrogens is 1. The van der Waals surface area contributed by atoms with Gasteiger partial charge in [0, 0.05) is 62.6 Å². The van der Waals surface area contributed by atoms with E-state index in [2.05, 4.69) is 32.4 Å². The molecule has 166 valence electrons. The van der Waals surface area contributed by atoms with E-state index in [1.54, 1.807) is 43.6 Å². The van der Waals surface area contributed by atoms with Crippen LogP contribution in [-0.2, 0) is 6.42 Å². The van der Waals surface area contributed by atoms with Crippen molar-refractivity contribution in [3.05, 3.63) is 35.5 Å². The van der Waals surface area contributed by atoms with E-state index in [-0.39, 0.29) is 6.03 Å². The van der Waals surface area contributed by atoms with Crippen LogP contribution in [0.15, 0.2) is 29.4 Å². The van der Waals surface area contributed by atoms with Gasteiger partial charge in [-0.15, -0.1) is 0 Å². The molecule has 0 saturated carbocycles. The summed E-state index contributed by atoms with van der Waals surface area (Å²) in [4.78, 5) is 25.7. The highest BCUT2D eigenvalue weighted by Gasteiger charge is 2.30. The van der Waals surface area contributed by atoms with Gasteiger partial charge in [0.1, 0.15) is 5.82 Å². The first kappa shape index (κ1) is 22.4. The number of nitrogen functional groups attached to an aromatic ring is 1. The summed E-state index contributed by atoms with van der Waals surface area (Å²) < 4.78 is 5.51. The Morgan fingerprint density at radius 2 is 2.23 bits per heavy atom. The molecule has 2 aromatic rings. The number of methoxy groups -OCH3 is 1. The van der Waals surface area contributed by atoms with E-state index in [0.29, 0.717) is 35.1 Å². The fourth-order valence-corrected chi connectivity index (χ4v) is 3.84. The third kappa shape index (κ3) is 4.56. The first-order valence-electron chi connectivity index (χ1n) is 10.4. The van der Waals surface area contributed by atoms with Crippen molar-refractivity contribution in [1.29, 1.82) is 0 Å². The number of amides is 2. The molecule has 4 N–H and O–H groups in total. The van der Waals surface area contributed by atoms with Crippen LogP contribution in [0.4, 0.5) is 27.7 Å². The van der Waals surface area contributed by atoms with Gasteiger partial charge in [-0.25, -0.2) is 9.78 Å². The average Bonchev–Trinajstić information content (AvgIpc) is 3.21. The molecule has 0 fully saturated rings. The zero-order valence-electron chi connectivity index (χ0n) is 18.6. The number of nitrogens with one attached hydrogen (secondary N) is 2. The van der Waals surface area contributed by atoms with E-state index in [1.807, 2.05) is 13.1 Å². The minimum absolute atomic E-state index is 0.260. The van der Waals surface area contributed by atoms with Crippen molar-refractivity contribution in [1.82, 2.24) is 10.3 Å². The molecule has 1 aliphatic rings. The van der Waals surface area contributed by atoms with Gasteiger partial charge in [0.2, 0.25) is 0 Å². The summed E-state index contributed by atoms with van der Waals surface area (Å²) in [5.41, 5.74) is 9.97. The predicted molar refractivity (Wildman–Crippen MR) is 127 cm³/mol. The number of pyridine rings is 1. The summed E-state index contributed by atoms with van der Waals surface area (Å²) >= 11 is 0. The molecular weight excluding hydrogens is 394 g/mol. The summed E-state index contributed by atoms with van der Waals surface area (Å²) in [5, 5.41) is 6.14. The zero-order valence-corrected chi connectivity index (χ0v) is 18.6. The van der Waals surface area contributed by atoms with Crippen LogP contribution in [0.25, 0.3) is 0 Å². The third-order valence-corrected chi connectivity index (χ3v) is 5.38. The molecule has 1 aliphatic heterocycles. The Kier molecular flexibility index (Phi) is 7.30. The molecule has 2 heterocycles. The number of carbonyl (C=O) groups is 1. The van der Waals surface area contributed by atoms with Gasteiger partial charge in [0.15, 0.2) is 5.75 Å². The summed E-state index contributed by atoms with van der Waals surface area (Å²) in [5.74, 6) is 1.17. The number of benzene rings is 1. The quantitative estimate of drug-likeness (QED) is 0.443. The highest BCUT2D eigenvalue weighted by molar-refractivity contribution is 6.05. The van der Waals surface area contributed by atoms with E-state index >= 15 is 0 Å². The number of nitrogens with zero attached hydrogens (tertiary/aromatic N) is 4. The maximum Gasteiger partial charge on any atom is 0.327 e. The van der Waals surface area contributed by atoms with Crippen molar-refractivity contribution in [2.24, 2.45) is 4.99 Å². The van der Waals surface area contributed by atoms with Crippen LogP contribution in [0.3, 0.4) is 0 Å². The molecule has 2 amide bonds. The molecule has 0 unspecified atom stereocenters. The summed E-state index contributed by atoms with van der Waals surface area (Å²) in [6.07, 6.45) is 4.14. The standard InChI is InChI=1S/C22H31N7O2/c1-5-28(13-11-24-2)19-8-10-26-21-15(19)9-12-29(21)22(30)27-18-7-6-17(23)16(14-25-3)20(18)31-4/h6-8,10,14,24H,5,9,11-13,23H2,1-4H3,(H,27,30). The topological polar surface area (TPSA) is 108 Å². The number of hydrogen-bond donors (Lipinski definition) is 3. The van der Waals surface area contributed by atoms with Crippen LogP contribution in [0.1, 0.15) is 18.1 Å². The first-order valence-corrected chi connectivity index (χ1v) is 10.4. The Morgan fingerprint density at radius 1 is 1.42 bits per heavy atom. The first-order chi connectivity index (χ1) is 15.0. The predicted octanol–water partition coefficient (Wildman–Crippen LogP) is 2.36. The lowest BCUT2D eigenvalue weighted by molar-refractivity contribution is 0.257. The van der Waals surface area contributed by atoms with Gasteiger partial charge in [-0.3, -0.25) is 9.89 Å². The minimum atomic E-state index is -0.260. The second kappa shape index (κ2) is 10.1. The lowest BCUT2D eigenvalue weighted by Crippen LogP contribution is -2.34. The number of carbonyl (C=O) groups excluding carboxylic acids is 1. The summed E-state index contributed by atoms with van der Waals surface area (Å²) in [6.45, 7) is 5.35. The van der Waals surface area contributed by atoms with Crippen molar-refractivity contribution < 1.29 is 9.53 Å². The van der Waals surface area contributed by atoms with Gasteiger partial charge >= 0.3 is 6.03 Å². The molecule has 0 atom stereocenters. The SMILES string of the molecule is CCN(CCNC)c1ccnc2c1CCN2C(=O)Nc1ccc(N)c(C=NC)c1OC. The number of likely N-dealkylation sites (N-methyl/N-ethyl adjacent to an activating group) is 2. The van der Waals surface area contributed by atoms with E-state index in [0.717, 1.165) is 37.3 Å². The molecule has 0 bridgehead atoms. The molecule has 0 saturated heterocycles. The van der Waals surface area contributed by atoms with E-state index in [9.17, 15) is 4.79 Å². The number of nitrogens with two attached hydrogens (primary N) is 1. The fourth-order valence-electron chi connectivity index (χ4n) is 3.84. The molecule has 1 aromatic heterocycles. The Balaban J connectivity index is 1.87. The van der Waals surface area contributed by atoms with Gasteiger partial charge < -0.3 is 26.0 Å². The molecule has 0 radical (unpaired) electrons. The summed E-state index contributed by atoms with van der Waals surface area (Å²) in [7, 11) is 5.14. The number of fused-ring (bicyclic) bond motifs is 1. The molecule has 0 spiro atoms. The van der Waals surface area contributed by atoms with Gasteiger partial charge in [0.05, 0.1) is 18.4 Å². The van der Waals surface area contributed by atoms with Gasteiger partial charge in [-0.05, 0) is 38.6 Å². The number of rotatable bonds is 8. The van der Waals surface area contributed by atoms with Crippen molar-refractivity contribution in [3.63, 3.8) is 0 Å². The van der Waals surface area contributed by atoms with Gasteiger partial charge in [-0.2, -0.15) is 0 Å². The fraction of sp³-hybridized carbons (Fsp3) is 0.409. The van der Waals surface area contributed by atoms with Crippen molar-refractivity contribution in [3.8, 4) is 5.75 Å². The van der Waals surface area contributed by atoms with Crippen molar-refractivity contribution in [2.45, 2.75) is 13.3 Å². The van der Waals surface area contributed by atoms with Crippen LogP contribution < -0.4 is 30.9 Å². The van der Waals surface area contributed by atoms with Crippen LogP contribution in [0, 0.1) is 0 Å².